The van der Waals surface area contributed by atoms with Crippen LogP contribution in [-0.4, -0.2) is 91.5 Å². The second kappa shape index (κ2) is 13.4. The quantitative estimate of drug-likeness (QED) is 0.279. The van der Waals surface area contributed by atoms with Gasteiger partial charge in [-0.3, -0.25) is 4.79 Å². The number of thiazole rings is 1. The summed E-state index contributed by atoms with van der Waals surface area (Å²) < 4.78 is 39.2. The number of carbonyl (C=O) groups is 3. The van der Waals surface area contributed by atoms with Gasteiger partial charge in [0.05, 0.1) is 34.9 Å². The molecule has 2 aliphatic heterocycles. The van der Waals surface area contributed by atoms with Gasteiger partial charge in [0.15, 0.2) is 0 Å². The fourth-order valence-electron chi connectivity index (χ4n) is 5.50. The van der Waals surface area contributed by atoms with E-state index in [0.29, 0.717) is 30.1 Å². The molecule has 0 radical (unpaired) electrons. The fraction of sp³-hybridized carbons (Fsp3) is 0.355. The average molecular weight is 684 g/mol. The van der Waals surface area contributed by atoms with Gasteiger partial charge in [0.1, 0.15) is 10.0 Å². The standard InChI is InChI=1S/C31H33N5O7S3/c1-3-42-30(38)34-15-17-36(18-16-34)46(40,41)21-11-9-20(10-12-21)27(37)33-29-26(28-32-23-7-5-6-8-24(23)44-28)22-13-14-35(19-25(22)45-29)31(39)43-4-2/h5-12H,3-4,13-19H2,1-2H3,(H,33,37). The lowest BCUT2D eigenvalue weighted by Crippen LogP contribution is -2.50. The highest BCUT2D eigenvalue weighted by Gasteiger charge is 2.32. The van der Waals surface area contributed by atoms with Crippen LogP contribution in [-0.2, 0) is 32.5 Å². The molecular formula is C31H33N5O7S3. The maximum atomic E-state index is 13.5. The van der Waals surface area contributed by atoms with Crippen LogP contribution in [0.2, 0.25) is 0 Å². The molecule has 0 unspecified atom stereocenters. The molecule has 0 bridgehead atoms. The van der Waals surface area contributed by atoms with E-state index in [1.54, 1.807) is 30.1 Å². The zero-order valence-electron chi connectivity index (χ0n) is 25.4. The highest BCUT2D eigenvalue weighted by atomic mass is 32.2. The van der Waals surface area contributed by atoms with Gasteiger partial charge < -0.3 is 24.6 Å². The largest absolute Gasteiger partial charge is 0.450 e. The Kier molecular flexibility index (Phi) is 9.27. The van der Waals surface area contributed by atoms with Crippen molar-refractivity contribution in [3.63, 3.8) is 0 Å². The zero-order chi connectivity index (χ0) is 32.4. The van der Waals surface area contributed by atoms with Gasteiger partial charge in [-0.25, -0.2) is 23.0 Å². The van der Waals surface area contributed by atoms with Crippen LogP contribution in [0.4, 0.5) is 14.6 Å². The van der Waals surface area contributed by atoms with Gasteiger partial charge in [0.25, 0.3) is 5.91 Å². The maximum Gasteiger partial charge on any atom is 0.410 e. The number of para-hydroxylation sites is 1. The number of ether oxygens (including phenoxy) is 2. The first kappa shape index (κ1) is 31.9. The van der Waals surface area contributed by atoms with E-state index in [-0.39, 0.29) is 50.4 Å². The lowest BCUT2D eigenvalue weighted by Gasteiger charge is -2.33. The second-order valence-corrected chi connectivity index (χ2v) is 14.7. The lowest BCUT2D eigenvalue weighted by atomic mass is 10.0. The number of benzene rings is 2. The van der Waals surface area contributed by atoms with Crippen LogP contribution in [0.15, 0.2) is 53.4 Å². The molecule has 2 aliphatic rings. The molecule has 6 rings (SSSR count). The van der Waals surface area contributed by atoms with Crippen molar-refractivity contribution in [2.75, 3.05) is 51.3 Å². The number of nitrogens with zero attached hydrogens (tertiary/aromatic N) is 4. The summed E-state index contributed by atoms with van der Waals surface area (Å²) in [7, 11) is -3.82. The topological polar surface area (TPSA) is 138 Å². The molecule has 0 atom stereocenters. The highest BCUT2D eigenvalue weighted by molar-refractivity contribution is 7.89. The first-order valence-corrected chi connectivity index (χ1v) is 18.0. The number of amides is 3. The van der Waals surface area contributed by atoms with Crippen molar-refractivity contribution in [2.24, 2.45) is 0 Å². The minimum Gasteiger partial charge on any atom is -0.450 e. The van der Waals surface area contributed by atoms with E-state index >= 15 is 0 Å². The SMILES string of the molecule is CCOC(=O)N1CCN(S(=O)(=O)c2ccc(C(=O)Nc3sc4c(c3-c3nc5ccccc5s3)CCN(C(=O)OCC)C4)cc2)CC1. The number of rotatable bonds is 7. The summed E-state index contributed by atoms with van der Waals surface area (Å²) in [4.78, 5) is 47.0. The van der Waals surface area contributed by atoms with Crippen LogP contribution in [0.3, 0.4) is 0 Å². The molecule has 0 spiro atoms. The van der Waals surface area contributed by atoms with E-state index < -0.39 is 22.0 Å². The van der Waals surface area contributed by atoms with Gasteiger partial charge >= 0.3 is 12.2 Å². The smallest absolute Gasteiger partial charge is 0.410 e. The van der Waals surface area contributed by atoms with Gasteiger partial charge in [0.2, 0.25) is 10.0 Å². The first-order valence-electron chi connectivity index (χ1n) is 14.9. The molecule has 242 valence electrons. The monoisotopic (exact) mass is 683 g/mol. The number of nitrogens with one attached hydrogen (secondary N) is 1. The van der Waals surface area contributed by atoms with E-state index in [9.17, 15) is 22.8 Å². The number of aromatic nitrogens is 1. The molecule has 46 heavy (non-hydrogen) atoms. The molecule has 4 aromatic rings. The van der Waals surface area contributed by atoms with Crippen molar-refractivity contribution < 1.29 is 32.3 Å². The predicted octanol–water partition coefficient (Wildman–Crippen LogP) is 5.25. The summed E-state index contributed by atoms with van der Waals surface area (Å²) >= 11 is 2.95. The Morgan fingerprint density at radius 1 is 0.870 bits per heavy atom. The van der Waals surface area contributed by atoms with Crippen LogP contribution in [0, 0.1) is 0 Å². The zero-order valence-corrected chi connectivity index (χ0v) is 27.8. The molecule has 0 aliphatic carbocycles. The minimum absolute atomic E-state index is 0.0643. The van der Waals surface area contributed by atoms with Crippen LogP contribution >= 0.6 is 22.7 Å². The van der Waals surface area contributed by atoms with Gasteiger partial charge in [-0.1, -0.05) is 12.1 Å². The summed E-state index contributed by atoms with van der Waals surface area (Å²) in [6.07, 6.45) is -0.236. The molecule has 1 N–H and O–H groups in total. The second-order valence-electron chi connectivity index (χ2n) is 10.6. The molecule has 2 aromatic heterocycles. The van der Waals surface area contributed by atoms with Crippen LogP contribution < -0.4 is 5.32 Å². The van der Waals surface area contributed by atoms with Crippen LogP contribution in [0.5, 0.6) is 0 Å². The Balaban J connectivity index is 1.22. The normalized spacial score (nSPS) is 15.4. The van der Waals surface area contributed by atoms with Crippen LogP contribution in [0.25, 0.3) is 20.8 Å². The van der Waals surface area contributed by atoms with Crippen molar-refractivity contribution in [2.45, 2.75) is 31.7 Å². The number of piperazine rings is 1. The molecule has 1 fully saturated rings. The number of hydrogen-bond acceptors (Lipinski definition) is 10. The maximum absolute atomic E-state index is 13.5. The third-order valence-electron chi connectivity index (χ3n) is 7.84. The minimum atomic E-state index is -3.82. The van der Waals surface area contributed by atoms with Crippen molar-refractivity contribution in [1.82, 2.24) is 19.1 Å². The van der Waals surface area contributed by atoms with Crippen LogP contribution in [0.1, 0.15) is 34.6 Å². The Hall–Kier alpha value is -4.05. The number of fused-ring (bicyclic) bond motifs is 2. The lowest BCUT2D eigenvalue weighted by molar-refractivity contribution is 0.0933. The molecule has 2 aromatic carbocycles. The summed E-state index contributed by atoms with van der Waals surface area (Å²) in [6, 6.07) is 13.7. The predicted molar refractivity (Wildman–Crippen MR) is 176 cm³/mol. The van der Waals surface area contributed by atoms with E-state index in [1.807, 2.05) is 24.3 Å². The van der Waals surface area contributed by atoms with E-state index in [4.69, 9.17) is 14.5 Å². The number of anilines is 1. The summed E-state index contributed by atoms with van der Waals surface area (Å²) in [5, 5.41) is 4.45. The van der Waals surface area contributed by atoms with Gasteiger partial charge in [-0.15, -0.1) is 22.7 Å². The average Bonchev–Trinajstić information content (AvgIpc) is 3.65. The third-order valence-corrected chi connectivity index (χ3v) is 11.9. The van der Waals surface area contributed by atoms with Crippen molar-refractivity contribution >= 4 is 66.0 Å². The molecule has 12 nitrogen and oxygen atoms in total. The fourth-order valence-corrected chi connectivity index (χ4v) is 9.29. The van der Waals surface area contributed by atoms with Gasteiger partial charge in [0, 0.05) is 48.7 Å². The first-order chi connectivity index (χ1) is 22.2. The molecule has 15 heteroatoms. The molecule has 1 saturated heterocycles. The Morgan fingerprint density at radius 3 is 2.22 bits per heavy atom. The van der Waals surface area contributed by atoms with E-state index in [1.165, 1.54) is 44.8 Å². The van der Waals surface area contributed by atoms with Gasteiger partial charge in [-0.05, 0) is 62.2 Å². The Morgan fingerprint density at radius 2 is 1.54 bits per heavy atom. The molecular weight excluding hydrogens is 651 g/mol. The summed E-state index contributed by atoms with van der Waals surface area (Å²) in [5.74, 6) is -0.393. The number of hydrogen-bond donors (Lipinski definition) is 1. The Labute approximate surface area is 274 Å². The number of thiophene rings is 1. The summed E-state index contributed by atoms with van der Waals surface area (Å²) in [6.45, 7) is 5.65. The molecule has 4 heterocycles. The van der Waals surface area contributed by atoms with Gasteiger partial charge in [-0.2, -0.15) is 4.31 Å². The van der Waals surface area contributed by atoms with E-state index in [2.05, 4.69) is 5.32 Å². The van der Waals surface area contributed by atoms with Crippen molar-refractivity contribution in [3.05, 3.63) is 64.5 Å². The molecule has 0 saturated carbocycles. The number of carbonyl (C=O) groups excluding carboxylic acids is 3. The van der Waals surface area contributed by atoms with E-state index in [0.717, 1.165) is 31.2 Å². The molecule has 3 amide bonds. The number of sulfonamides is 1. The highest BCUT2D eigenvalue weighted by Crippen LogP contribution is 2.46. The third kappa shape index (κ3) is 6.32. The summed E-state index contributed by atoms with van der Waals surface area (Å²) in [5.41, 5.74) is 3.05. The van der Waals surface area contributed by atoms with Crippen molar-refractivity contribution in [3.8, 4) is 10.6 Å². The Bertz CT molecular complexity index is 1850. The van der Waals surface area contributed by atoms with Crippen molar-refractivity contribution in [1.29, 1.82) is 0 Å².